The first-order chi connectivity index (χ1) is 17.2. The SMILES string of the molecule is CCOC(=O)C1=C(C)N=c2s/c(=C/c3ccc(OCC(=O)O)c(Br)c3)c(=O)n2[C@H]1c1ccc(Cl)cc1. The maximum atomic E-state index is 13.6. The molecule has 0 radical (unpaired) electrons. The highest BCUT2D eigenvalue weighted by atomic mass is 79.9. The van der Waals surface area contributed by atoms with E-state index in [1.54, 1.807) is 62.4 Å². The molecule has 4 rings (SSSR count). The van der Waals surface area contributed by atoms with E-state index in [1.165, 1.54) is 15.9 Å². The fraction of sp³-hybridized carbons (Fsp3) is 0.200. The second-order valence-electron chi connectivity index (χ2n) is 7.73. The van der Waals surface area contributed by atoms with E-state index >= 15 is 0 Å². The molecule has 0 saturated carbocycles. The molecular weight excluding hydrogens is 572 g/mol. The van der Waals surface area contributed by atoms with Gasteiger partial charge in [-0.2, -0.15) is 0 Å². The van der Waals surface area contributed by atoms with Crippen LogP contribution in [0.25, 0.3) is 6.08 Å². The lowest BCUT2D eigenvalue weighted by Gasteiger charge is -2.24. The molecule has 36 heavy (non-hydrogen) atoms. The molecule has 0 fully saturated rings. The zero-order valence-corrected chi connectivity index (χ0v) is 22.3. The molecule has 186 valence electrons. The topological polar surface area (TPSA) is 107 Å². The maximum absolute atomic E-state index is 13.6. The van der Waals surface area contributed by atoms with Gasteiger partial charge >= 0.3 is 11.9 Å². The minimum Gasteiger partial charge on any atom is -0.481 e. The maximum Gasteiger partial charge on any atom is 0.341 e. The molecule has 11 heteroatoms. The van der Waals surface area contributed by atoms with Crippen LogP contribution in [0.2, 0.25) is 5.02 Å². The van der Waals surface area contributed by atoms with Gasteiger partial charge in [-0.25, -0.2) is 14.6 Å². The molecule has 1 N–H and O–H groups in total. The highest BCUT2D eigenvalue weighted by Gasteiger charge is 2.33. The molecule has 0 saturated heterocycles. The van der Waals surface area contributed by atoms with Gasteiger partial charge in [0.05, 0.1) is 32.9 Å². The predicted octanol–water partition coefficient (Wildman–Crippen LogP) is 3.68. The van der Waals surface area contributed by atoms with Gasteiger partial charge in [0.25, 0.3) is 5.56 Å². The number of nitrogens with zero attached hydrogens (tertiary/aromatic N) is 2. The molecule has 0 amide bonds. The Bertz CT molecular complexity index is 1560. The zero-order chi connectivity index (χ0) is 26.0. The fourth-order valence-electron chi connectivity index (χ4n) is 3.77. The van der Waals surface area contributed by atoms with Crippen molar-refractivity contribution in [2.75, 3.05) is 13.2 Å². The number of allylic oxidation sites excluding steroid dienone is 1. The van der Waals surface area contributed by atoms with Crippen molar-refractivity contribution in [1.29, 1.82) is 0 Å². The Kier molecular flexibility index (Phi) is 7.77. The summed E-state index contributed by atoms with van der Waals surface area (Å²) < 4.78 is 13.0. The molecule has 1 aliphatic heterocycles. The summed E-state index contributed by atoms with van der Waals surface area (Å²) in [5, 5.41) is 9.35. The molecule has 0 spiro atoms. The summed E-state index contributed by atoms with van der Waals surface area (Å²) in [6.07, 6.45) is 1.71. The number of aromatic nitrogens is 1. The smallest absolute Gasteiger partial charge is 0.341 e. The Hall–Kier alpha value is -3.21. The van der Waals surface area contributed by atoms with Gasteiger partial charge < -0.3 is 14.6 Å². The number of halogens is 2. The number of hydrogen-bond acceptors (Lipinski definition) is 7. The van der Waals surface area contributed by atoms with Crippen LogP contribution >= 0.6 is 38.9 Å². The molecule has 1 aliphatic rings. The minimum atomic E-state index is -1.08. The first-order valence-electron chi connectivity index (χ1n) is 10.8. The Morgan fingerprint density at radius 3 is 2.61 bits per heavy atom. The third kappa shape index (κ3) is 5.30. The standard InChI is InChI=1S/C25H20BrClN2O6S/c1-3-34-24(33)21-13(2)28-25-29(22(21)15-5-7-16(27)8-6-15)23(32)19(36-25)11-14-4-9-18(17(26)10-14)35-12-20(30)31/h4-11,22H,3,12H2,1-2H3,(H,30,31)/b19-11+/t22-/m0/s1. The molecule has 2 aromatic carbocycles. The number of benzene rings is 2. The van der Waals surface area contributed by atoms with Gasteiger partial charge in [0.2, 0.25) is 0 Å². The molecule has 1 aromatic heterocycles. The number of rotatable bonds is 7. The number of fused-ring (bicyclic) bond motifs is 1. The summed E-state index contributed by atoms with van der Waals surface area (Å²) in [7, 11) is 0. The first-order valence-corrected chi connectivity index (χ1v) is 12.8. The number of ether oxygens (including phenoxy) is 2. The number of hydrogen-bond donors (Lipinski definition) is 1. The van der Waals surface area contributed by atoms with E-state index in [4.69, 9.17) is 26.2 Å². The van der Waals surface area contributed by atoms with Crippen LogP contribution in [0, 0.1) is 0 Å². The second-order valence-corrected chi connectivity index (χ2v) is 10.0. The normalized spacial score (nSPS) is 15.3. The van der Waals surface area contributed by atoms with Gasteiger partial charge in [-0.05, 0) is 71.2 Å². The summed E-state index contributed by atoms with van der Waals surface area (Å²) >= 11 is 10.7. The van der Waals surface area contributed by atoms with Crippen molar-refractivity contribution in [3.63, 3.8) is 0 Å². The monoisotopic (exact) mass is 590 g/mol. The highest BCUT2D eigenvalue weighted by molar-refractivity contribution is 9.10. The Balaban J connectivity index is 1.83. The molecule has 0 aliphatic carbocycles. The van der Waals surface area contributed by atoms with Crippen molar-refractivity contribution >= 4 is 56.9 Å². The molecule has 0 bridgehead atoms. The third-order valence-electron chi connectivity index (χ3n) is 5.31. The number of carboxylic acid groups (broad SMARTS) is 1. The number of esters is 1. The van der Waals surface area contributed by atoms with E-state index in [2.05, 4.69) is 20.9 Å². The zero-order valence-electron chi connectivity index (χ0n) is 19.2. The number of aliphatic carboxylic acids is 1. The highest BCUT2D eigenvalue weighted by Crippen LogP contribution is 2.31. The van der Waals surface area contributed by atoms with Crippen molar-refractivity contribution in [1.82, 2.24) is 4.57 Å². The van der Waals surface area contributed by atoms with E-state index < -0.39 is 24.6 Å². The summed E-state index contributed by atoms with van der Waals surface area (Å²) in [6, 6.07) is 11.3. The van der Waals surface area contributed by atoms with Crippen molar-refractivity contribution in [2.45, 2.75) is 19.9 Å². The number of thiazole rings is 1. The van der Waals surface area contributed by atoms with Gasteiger partial charge in [0.15, 0.2) is 11.4 Å². The molecule has 1 atom stereocenters. The molecule has 2 heterocycles. The van der Waals surface area contributed by atoms with E-state index in [1.807, 2.05) is 0 Å². The Labute approximate surface area is 222 Å². The lowest BCUT2D eigenvalue weighted by Crippen LogP contribution is -2.39. The second kappa shape index (κ2) is 10.8. The van der Waals surface area contributed by atoms with Crippen LogP contribution in [0.4, 0.5) is 0 Å². The first kappa shape index (κ1) is 25.9. The number of carboxylic acids is 1. The lowest BCUT2D eigenvalue weighted by molar-refractivity contribution is -0.140. The molecular formula is C25H20BrClN2O6S. The van der Waals surface area contributed by atoms with Gasteiger partial charge in [-0.15, -0.1) is 0 Å². The van der Waals surface area contributed by atoms with E-state index in [0.717, 1.165) is 0 Å². The van der Waals surface area contributed by atoms with Crippen LogP contribution in [0.1, 0.15) is 31.0 Å². The van der Waals surface area contributed by atoms with Crippen LogP contribution in [0.3, 0.4) is 0 Å². The van der Waals surface area contributed by atoms with Crippen molar-refractivity contribution in [3.8, 4) is 5.75 Å². The van der Waals surface area contributed by atoms with Gasteiger partial charge in [-0.1, -0.05) is 41.1 Å². The van der Waals surface area contributed by atoms with Gasteiger partial charge in [0, 0.05) is 5.02 Å². The largest absolute Gasteiger partial charge is 0.481 e. The number of carbonyl (C=O) groups is 2. The van der Waals surface area contributed by atoms with Crippen molar-refractivity contribution < 1.29 is 24.2 Å². The van der Waals surface area contributed by atoms with Crippen molar-refractivity contribution in [2.24, 2.45) is 4.99 Å². The summed E-state index contributed by atoms with van der Waals surface area (Å²) in [4.78, 5) is 42.3. The van der Waals surface area contributed by atoms with Crippen LogP contribution in [-0.4, -0.2) is 34.8 Å². The summed E-state index contributed by atoms with van der Waals surface area (Å²) in [6.45, 7) is 3.16. The van der Waals surface area contributed by atoms with Gasteiger partial charge in [0.1, 0.15) is 5.75 Å². The lowest BCUT2D eigenvalue weighted by atomic mass is 9.96. The summed E-state index contributed by atoms with van der Waals surface area (Å²) in [5.41, 5.74) is 1.85. The van der Waals surface area contributed by atoms with Crippen molar-refractivity contribution in [3.05, 3.63) is 94.0 Å². The minimum absolute atomic E-state index is 0.189. The van der Waals surface area contributed by atoms with E-state index in [-0.39, 0.29) is 12.2 Å². The quantitative estimate of drug-likeness (QED) is 0.420. The predicted molar refractivity (Wildman–Crippen MR) is 139 cm³/mol. The molecule has 3 aromatic rings. The average Bonchev–Trinajstić information content (AvgIpc) is 3.12. The van der Waals surface area contributed by atoms with Gasteiger partial charge in [-0.3, -0.25) is 9.36 Å². The number of carbonyl (C=O) groups excluding carboxylic acids is 1. The molecule has 0 unspecified atom stereocenters. The van der Waals surface area contributed by atoms with Crippen LogP contribution in [-0.2, 0) is 14.3 Å². The molecule has 8 nitrogen and oxygen atoms in total. The van der Waals surface area contributed by atoms with Crippen LogP contribution in [0.15, 0.2) is 68.0 Å². The Morgan fingerprint density at radius 1 is 1.25 bits per heavy atom. The van der Waals surface area contributed by atoms with E-state index in [9.17, 15) is 14.4 Å². The summed E-state index contributed by atoms with van der Waals surface area (Å²) in [5.74, 6) is -1.25. The Morgan fingerprint density at radius 2 is 1.97 bits per heavy atom. The van der Waals surface area contributed by atoms with E-state index in [0.29, 0.717) is 47.0 Å². The fourth-order valence-corrected chi connectivity index (χ4v) is 5.45. The van der Waals surface area contributed by atoms with Crippen LogP contribution < -0.4 is 19.6 Å². The third-order valence-corrected chi connectivity index (χ3v) is 7.16. The average molecular weight is 592 g/mol. The van der Waals surface area contributed by atoms with Crippen LogP contribution in [0.5, 0.6) is 5.75 Å².